The molecule has 4 atom stereocenters. The molecule has 2 heterocycles. The first-order valence-electron chi connectivity index (χ1n) is 9.98. The van der Waals surface area contributed by atoms with Crippen LogP contribution in [0.4, 0.5) is 0 Å². The van der Waals surface area contributed by atoms with E-state index in [1.807, 2.05) is 24.3 Å². The van der Waals surface area contributed by atoms with Crippen molar-refractivity contribution in [3.05, 3.63) is 69.7 Å². The average Bonchev–Trinajstić information content (AvgIpc) is 2.69. The topological polar surface area (TPSA) is 33.2 Å². The van der Waals surface area contributed by atoms with Gasteiger partial charge in [0.2, 0.25) is 0 Å². The van der Waals surface area contributed by atoms with Gasteiger partial charge in [0.25, 0.3) is 0 Å². The Balaban J connectivity index is 1.25. The van der Waals surface area contributed by atoms with E-state index in [-0.39, 0.29) is 0 Å². The van der Waals surface area contributed by atoms with Crippen LogP contribution in [0, 0.1) is 0 Å². The van der Waals surface area contributed by atoms with E-state index in [1.165, 1.54) is 36.8 Å². The molecule has 2 fully saturated rings. The summed E-state index contributed by atoms with van der Waals surface area (Å²) >= 11 is 14.2. The lowest BCUT2D eigenvalue weighted by Crippen LogP contribution is -2.94. The molecule has 0 unspecified atom stereocenters. The number of quaternary nitrogens is 2. The van der Waals surface area contributed by atoms with Gasteiger partial charge >= 0.3 is 0 Å². The Morgan fingerprint density at radius 1 is 0.667 bits per heavy atom. The molecule has 4 rings (SSSR count). The van der Waals surface area contributed by atoms with E-state index in [0.29, 0.717) is 0 Å². The second-order valence-corrected chi connectivity index (χ2v) is 10.2. The van der Waals surface area contributed by atoms with Crippen LogP contribution in [0.5, 0.6) is 0 Å². The minimum Gasteiger partial charge on any atom is -0.339 e. The van der Waals surface area contributed by atoms with Crippen LogP contribution >= 0.6 is 35.0 Å². The SMILES string of the molecule is Clc1ccc(C[NH2+][C@H]2CC[C@H]3S[C@@H]2CC[C@H]3[NH2+]Cc2ccc(Cl)cc2)cc1. The molecule has 2 aromatic rings. The number of rotatable bonds is 6. The van der Waals surface area contributed by atoms with Crippen molar-refractivity contribution < 1.29 is 10.6 Å². The molecule has 0 aliphatic carbocycles. The van der Waals surface area contributed by atoms with E-state index < -0.39 is 0 Å². The van der Waals surface area contributed by atoms with Crippen LogP contribution in [-0.2, 0) is 13.1 Å². The van der Waals surface area contributed by atoms with E-state index in [1.54, 1.807) is 0 Å². The number of hydrogen-bond acceptors (Lipinski definition) is 1. The van der Waals surface area contributed by atoms with E-state index in [0.717, 1.165) is 45.7 Å². The summed E-state index contributed by atoms with van der Waals surface area (Å²) in [6.07, 6.45) is 5.40. The number of fused-ring (bicyclic) bond motifs is 2. The highest BCUT2D eigenvalue weighted by Gasteiger charge is 2.42. The first kappa shape index (κ1) is 19.6. The minimum atomic E-state index is 0.763. The summed E-state index contributed by atoms with van der Waals surface area (Å²) in [4.78, 5) is 0. The summed E-state index contributed by atoms with van der Waals surface area (Å²) in [6, 6.07) is 18.1. The highest BCUT2D eigenvalue weighted by molar-refractivity contribution is 8.00. The van der Waals surface area contributed by atoms with Crippen LogP contribution in [0.15, 0.2) is 48.5 Å². The quantitative estimate of drug-likeness (QED) is 0.731. The van der Waals surface area contributed by atoms with Gasteiger partial charge in [-0.25, -0.2) is 0 Å². The molecule has 4 N–H and O–H groups in total. The third-order valence-corrected chi connectivity index (χ3v) is 8.39. The molecule has 0 radical (unpaired) electrons. The second kappa shape index (κ2) is 9.19. The summed E-state index contributed by atoms with van der Waals surface area (Å²) < 4.78 is 0. The van der Waals surface area contributed by atoms with E-state index in [4.69, 9.17) is 23.2 Å². The van der Waals surface area contributed by atoms with Crippen molar-refractivity contribution in [2.24, 2.45) is 0 Å². The molecule has 0 amide bonds. The zero-order chi connectivity index (χ0) is 18.6. The van der Waals surface area contributed by atoms with Gasteiger partial charge in [0.05, 0.1) is 22.6 Å². The van der Waals surface area contributed by atoms with Crippen molar-refractivity contribution in [3.8, 4) is 0 Å². The van der Waals surface area contributed by atoms with Crippen molar-refractivity contribution in [3.63, 3.8) is 0 Å². The molecule has 2 aliphatic heterocycles. The van der Waals surface area contributed by atoms with Crippen molar-refractivity contribution in [2.45, 2.75) is 61.4 Å². The number of halogens is 2. The highest BCUT2D eigenvalue weighted by atomic mass is 35.5. The summed E-state index contributed by atoms with van der Waals surface area (Å²) in [7, 11) is 0. The third-order valence-electron chi connectivity index (χ3n) is 6.01. The summed E-state index contributed by atoms with van der Waals surface area (Å²) in [5.74, 6) is 0. The van der Waals surface area contributed by atoms with Crippen LogP contribution in [0.2, 0.25) is 10.0 Å². The van der Waals surface area contributed by atoms with Crippen LogP contribution in [-0.4, -0.2) is 22.6 Å². The fourth-order valence-electron chi connectivity index (χ4n) is 4.43. The van der Waals surface area contributed by atoms with Gasteiger partial charge in [0.15, 0.2) is 0 Å². The fourth-order valence-corrected chi connectivity index (χ4v) is 6.57. The Hall–Kier alpha value is -0.710. The van der Waals surface area contributed by atoms with Crippen LogP contribution < -0.4 is 10.6 Å². The van der Waals surface area contributed by atoms with E-state index in [2.05, 4.69) is 46.7 Å². The maximum Gasteiger partial charge on any atom is 0.101 e. The molecular weight excluding hydrogens is 395 g/mol. The van der Waals surface area contributed by atoms with Gasteiger partial charge in [-0.05, 0) is 37.1 Å². The minimum absolute atomic E-state index is 0.763. The predicted molar refractivity (Wildman–Crippen MR) is 115 cm³/mol. The first-order chi connectivity index (χ1) is 13.2. The van der Waals surface area contributed by atoms with Crippen molar-refractivity contribution >= 4 is 35.0 Å². The lowest BCUT2D eigenvalue weighted by Gasteiger charge is -2.41. The molecule has 144 valence electrons. The molecule has 2 bridgehead atoms. The Morgan fingerprint density at radius 3 is 1.48 bits per heavy atom. The molecule has 0 spiro atoms. The second-order valence-electron chi connectivity index (χ2n) is 7.83. The summed E-state index contributed by atoms with van der Waals surface area (Å²) in [5, 5.41) is 8.41. The maximum atomic E-state index is 5.99. The van der Waals surface area contributed by atoms with Gasteiger partial charge in [0, 0.05) is 34.0 Å². The Kier molecular flexibility index (Phi) is 6.67. The Bertz CT molecular complexity index is 671. The molecule has 27 heavy (non-hydrogen) atoms. The summed E-state index contributed by atoms with van der Waals surface area (Å²) in [5.41, 5.74) is 2.74. The molecule has 2 aliphatic rings. The number of benzene rings is 2. The first-order valence-corrected chi connectivity index (χ1v) is 11.7. The third kappa shape index (κ3) is 5.21. The molecule has 2 saturated heterocycles. The molecule has 0 aromatic heterocycles. The van der Waals surface area contributed by atoms with Gasteiger partial charge in [-0.1, -0.05) is 47.5 Å². The number of hydrogen-bond donors (Lipinski definition) is 2. The monoisotopic (exact) mass is 422 g/mol. The highest BCUT2D eigenvalue weighted by Crippen LogP contribution is 2.39. The number of thioether (sulfide) groups is 1. The molecule has 2 aromatic carbocycles. The van der Waals surface area contributed by atoms with Crippen molar-refractivity contribution in [1.82, 2.24) is 0 Å². The van der Waals surface area contributed by atoms with Gasteiger partial charge in [0.1, 0.15) is 13.1 Å². The zero-order valence-corrected chi connectivity index (χ0v) is 17.8. The standard InChI is InChI=1S/C22H26Cl2N2S/c23-17-5-1-15(2-6-17)13-25-19-9-11-22-20(10-12-21(19)27-22)26-14-16-3-7-18(24)8-4-16/h1-8,19-22,25-26H,9-14H2/p+2/t19-,20+,21-,22-/m1/s1. The largest absolute Gasteiger partial charge is 0.339 e. The van der Waals surface area contributed by atoms with Gasteiger partial charge in [-0.15, -0.1) is 11.8 Å². The summed E-state index contributed by atoms with van der Waals surface area (Å²) in [6.45, 7) is 2.13. The normalized spacial score (nSPS) is 27.5. The lowest BCUT2D eigenvalue weighted by molar-refractivity contribution is -0.713. The fraction of sp³-hybridized carbons (Fsp3) is 0.455. The van der Waals surface area contributed by atoms with Crippen molar-refractivity contribution in [1.29, 1.82) is 0 Å². The van der Waals surface area contributed by atoms with Crippen molar-refractivity contribution in [2.75, 3.05) is 0 Å². The number of nitrogens with two attached hydrogens (primary N) is 2. The smallest absolute Gasteiger partial charge is 0.101 e. The molecular formula is C22H28Cl2N2S+2. The van der Waals surface area contributed by atoms with Gasteiger partial charge < -0.3 is 10.6 Å². The maximum absolute atomic E-state index is 5.99. The van der Waals surface area contributed by atoms with Gasteiger partial charge in [-0.2, -0.15) is 0 Å². The average molecular weight is 423 g/mol. The predicted octanol–water partition coefficient (Wildman–Crippen LogP) is 3.62. The van der Waals surface area contributed by atoms with E-state index in [9.17, 15) is 0 Å². The van der Waals surface area contributed by atoms with Crippen LogP contribution in [0.25, 0.3) is 0 Å². The molecule has 0 saturated carbocycles. The van der Waals surface area contributed by atoms with Crippen LogP contribution in [0.3, 0.4) is 0 Å². The molecule has 2 nitrogen and oxygen atoms in total. The Morgan fingerprint density at radius 2 is 1.07 bits per heavy atom. The lowest BCUT2D eigenvalue weighted by atomic mass is 9.91. The Labute approximate surface area is 176 Å². The van der Waals surface area contributed by atoms with Gasteiger partial charge in [-0.3, -0.25) is 0 Å². The van der Waals surface area contributed by atoms with Crippen LogP contribution in [0.1, 0.15) is 36.8 Å². The van der Waals surface area contributed by atoms with E-state index >= 15 is 0 Å². The molecule has 5 heteroatoms. The zero-order valence-electron chi connectivity index (χ0n) is 15.5.